The number of likely N-dealkylation sites (N-methyl/N-ethyl adjacent to an activating group) is 1. The van der Waals surface area contributed by atoms with Crippen LogP contribution in [0, 0.1) is 0 Å². The van der Waals surface area contributed by atoms with E-state index in [9.17, 15) is 22.8 Å². The number of rotatable bonds is 4. The fraction of sp³-hybridized carbons (Fsp3) is 0.222. The molecule has 1 atom stereocenters. The quantitative estimate of drug-likeness (QED) is 0.920. The summed E-state index contributed by atoms with van der Waals surface area (Å²) in [6.07, 6.45) is -4.47. The highest BCUT2D eigenvalue weighted by atomic mass is 19.4. The molecule has 1 N–H and O–H groups in total. The second-order valence-corrected chi connectivity index (χ2v) is 5.62. The molecule has 2 aromatic carbocycles. The van der Waals surface area contributed by atoms with Crippen LogP contribution in [-0.2, 0) is 11.0 Å². The lowest BCUT2D eigenvalue weighted by atomic mass is 10.0. The molecule has 0 bridgehead atoms. The number of alkyl halides is 3. The van der Waals surface area contributed by atoms with E-state index in [4.69, 9.17) is 0 Å². The van der Waals surface area contributed by atoms with Gasteiger partial charge in [-0.15, -0.1) is 0 Å². The molecule has 0 aliphatic carbocycles. The number of hydrogen-bond acceptors (Lipinski definition) is 2. The third kappa shape index (κ3) is 4.59. The molecule has 0 spiro atoms. The van der Waals surface area contributed by atoms with Crippen molar-refractivity contribution in [2.24, 2.45) is 0 Å². The minimum atomic E-state index is -4.47. The highest BCUT2D eigenvalue weighted by Gasteiger charge is 2.30. The molecule has 1 unspecified atom stereocenters. The van der Waals surface area contributed by atoms with Gasteiger partial charge >= 0.3 is 6.18 Å². The van der Waals surface area contributed by atoms with E-state index in [0.717, 1.165) is 24.3 Å². The van der Waals surface area contributed by atoms with Gasteiger partial charge in [-0.3, -0.25) is 9.59 Å². The van der Waals surface area contributed by atoms with Gasteiger partial charge < -0.3 is 10.2 Å². The SMILES string of the molecule is CN(C)C(=O)C(NC(=O)c1ccc(C(F)(F)F)cc1)c1ccccc1. The fourth-order valence-corrected chi connectivity index (χ4v) is 2.22. The molecular formula is C18H17F3N2O2. The summed E-state index contributed by atoms with van der Waals surface area (Å²) in [5, 5.41) is 2.58. The Morgan fingerprint density at radius 2 is 1.52 bits per heavy atom. The van der Waals surface area contributed by atoms with E-state index in [2.05, 4.69) is 5.32 Å². The molecule has 0 radical (unpaired) electrons. The monoisotopic (exact) mass is 350 g/mol. The van der Waals surface area contributed by atoms with Crippen molar-refractivity contribution >= 4 is 11.8 Å². The lowest BCUT2D eigenvalue weighted by Gasteiger charge is -2.22. The van der Waals surface area contributed by atoms with Crippen LogP contribution >= 0.6 is 0 Å². The number of nitrogens with zero attached hydrogens (tertiary/aromatic N) is 1. The van der Waals surface area contributed by atoms with E-state index in [1.165, 1.54) is 4.90 Å². The summed E-state index contributed by atoms with van der Waals surface area (Å²) in [5.74, 6) is -0.968. The zero-order valence-electron chi connectivity index (χ0n) is 13.7. The summed E-state index contributed by atoms with van der Waals surface area (Å²) in [6, 6.07) is 11.5. The maximum absolute atomic E-state index is 12.6. The average Bonchev–Trinajstić information content (AvgIpc) is 2.59. The van der Waals surface area contributed by atoms with Gasteiger partial charge in [0.2, 0.25) is 5.91 Å². The highest BCUT2D eigenvalue weighted by Crippen LogP contribution is 2.29. The van der Waals surface area contributed by atoms with Crippen LogP contribution in [0.25, 0.3) is 0 Å². The van der Waals surface area contributed by atoms with Gasteiger partial charge in [0, 0.05) is 19.7 Å². The van der Waals surface area contributed by atoms with Gasteiger partial charge in [-0.05, 0) is 29.8 Å². The third-order valence-electron chi connectivity index (χ3n) is 3.57. The van der Waals surface area contributed by atoms with Crippen molar-refractivity contribution < 1.29 is 22.8 Å². The lowest BCUT2D eigenvalue weighted by Crippen LogP contribution is -2.39. The van der Waals surface area contributed by atoms with Gasteiger partial charge in [0.25, 0.3) is 5.91 Å². The maximum atomic E-state index is 12.6. The molecule has 2 amide bonds. The third-order valence-corrected chi connectivity index (χ3v) is 3.57. The number of carbonyl (C=O) groups excluding carboxylic acids is 2. The van der Waals surface area contributed by atoms with Gasteiger partial charge in [0.15, 0.2) is 0 Å². The summed E-state index contributed by atoms with van der Waals surface area (Å²) >= 11 is 0. The molecule has 132 valence electrons. The Balaban J connectivity index is 2.24. The summed E-state index contributed by atoms with van der Waals surface area (Å²) < 4.78 is 37.8. The molecule has 0 aliphatic heterocycles. The predicted molar refractivity (Wildman–Crippen MR) is 86.8 cm³/mol. The number of halogens is 3. The topological polar surface area (TPSA) is 49.4 Å². The molecule has 0 fully saturated rings. The summed E-state index contributed by atoms with van der Waals surface area (Å²) in [5.41, 5.74) is -0.213. The molecular weight excluding hydrogens is 333 g/mol. The number of hydrogen-bond donors (Lipinski definition) is 1. The maximum Gasteiger partial charge on any atom is 0.416 e. The average molecular weight is 350 g/mol. The smallest absolute Gasteiger partial charge is 0.347 e. The Bertz CT molecular complexity index is 741. The van der Waals surface area contributed by atoms with Gasteiger partial charge in [-0.2, -0.15) is 13.2 Å². The van der Waals surface area contributed by atoms with Crippen molar-refractivity contribution in [3.05, 3.63) is 71.3 Å². The van der Waals surface area contributed by atoms with Crippen LogP contribution in [0.15, 0.2) is 54.6 Å². The highest BCUT2D eigenvalue weighted by molar-refractivity contribution is 5.97. The predicted octanol–water partition coefficient (Wildman–Crippen LogP) is 3.26. The molecule has 4 nitrogen and oxygen atoms in total. The van der Waals surface area contributed by atoms with Crippen molar-refractivity contribution in [1.29, 1.82) is 0 Å². The second-order valence-electron chi connectivity index (χ2n) is 5.62. The van der Waals surface area contributed by atoms with Crippen LogP contribution in [0.3, 0.4) is 0 Å². The lowest BCUT2D eigenvalue weighted by molar-refractivity contribution is -0.137. The van der Waals surface area contributed by atoms with Gasteiger partial charge in [0.05, 0.1) is 5.56 Å². The normalized spacial score (nSPS) is 12.4. The molecule has 2 rings (SSSR count). The molecule has 0 saturated carbocycles. The zero-order valence-corrected chi connectivity index (χ0v) is 13.7. The Kier molecular flexibility index (Phi) is 5.46. The molecule has 0 heterocycles. The first-order valence-electron chi connectivity index (χ1n) is 7.44. The zero-order chi connectivity index (χ0) is 18.6. The number of amides is 2. The molecule has 0 saturated heterocycles. The van der Waals surface area contributed by atoms with Crippen LogP contribution in [0.5, 0.6) is 0 Å². The summed E-state index contributed by atoms with van der Waals surface area (Å²) in [4.78, 5) is 26.0. The van der Waals surface area contributed by atoms with Gasteiger partial charge in [-0.25, -0.2) is 0 Å². The first-order chi connectivity index (χ1) is 11.7. The molecule has 7 heteroatoms. The van der Waals surface area contributed by atoms with E-state index in [1.54, 1.807) is 44.4 Å². The van der Waals surface area contributed by atoms with Crippen LogP contribution < -0.4 is 5.32 Å². The minimum absolute atomic E-state index is 0.0421. The summed E-state index contributed by atoms with van der Waals surface area (Å²) in [7, 11) is 3.12. The van der Waals surface area contributed by atoms with Gasteiger partial charge in [0.1, 0.15) is 6.04 Å². The Morgan fingerprint density at radius 3 is 2.00 bits per heavy atom. The summed E-state index contributed by atoms with van der Waals surface area (Å²) in [6.45, 7) is 0. The number of carbonyl (C=O) groups is 2. The van der Waals surface area contributed by atoms with E-state index in [1.807, 2.05) is 0 Å². The van der Waals surface area contributed by atoms with Crippen molar-refractivity contribution in [2.75, 3.05) is 14.1 Å². The minimum Gasteiger partial charge on any atom is -0.347 e. The van der Waals surface area contributed by atoms with Crippen LogP contribution in [0.4, 0.5) is 13.2 Å². The standard InChI is InChI=1S/C18H17F3N2O2/c1-23(2)17(25)15(12-6-4-3-5-7-12)22-16(24)13-8-10-14(11-9-13)18(19,20)21/h3-11,15H,1-2H3,(H,22,24). The Labute approximate surface area is 143 Å². The molecule has 25 heavy (non-hydrogen) atoms. The first-order valence-corrected chi connectivity index (χ1v) is 7.44. The fourth-order valence-electron chi connectivity index (χ4n) is 2.22. The van der Waals surface area contributed by atoms with E-state index >= 15 is 0 Å². The van der Waals surface area contributed by atoms with Crippen LogP contribution in [0.2, 0.25) is 0 Å². The Morgan fingerprint density at radius 1 is 0.960 bits per heavy atom. The molecule has 2 aromatic rings. The van der Waals surface area contributed by atoms with Crippen molar-refractivity contribution in [2.45, 2.75) is 12.2 Å². The molecule has 0 aromatic heterocycles. The van der Waals surface area contributed by atoms with E-state index < -0.39 is 23.7 Å². The van der Waals surface area contributed by atoms with Gasteiger partial charge in [-0.1, -0.05) is 30.3 Å². The largest absolute Gasteiger partial charge is 0.416 e. The van der Waals surface area contributed by atoms with E-state index in [-0.39, 0.29) is 11.5 Å². The van der Waals surface area contributed by atoms with Crippen molar-refractivity contribution in [3.63, 3.8) is 0 Å². The number of benzene rings is 2. The van der Waals surface area contributed by atoms with Crippen LogP contribution in [-0.4, -0.2) is 30.8 Å². The molecule has 0 aliphatic rings. The van der Waals surface area contributed by atoms with Crippen molar-refractivity contribution in [1.82, 2.24) is 10.2 Å². The Hall–Kier alpha value is -2.83. The van der Waals surface area contributed by atoms with Crippen molar-refractivity contribution in [3.8, 4) is 0 Å². The van der Waals surface area contributed by atoms with Crippen LogP contribution in [0.1, 0.15) is 27.5 Å². The first kappa shape index (κ1) is 18.5. The number of nitrogens with one attached hydrogen (secondary N) is 1. The van der Waals surface area contributed by atoms with E-state index in [0.29, 0.717) is 5.56 Å². The second kappa shape index (κ2) is 7.38.